The van der Waals surface area contributed by atoms with E-state index in [-0.39, 0.29) is 18.2 Å². The van der Waals surface area contributed by atoms with Crippen molar-refractivity contribution in [2.24, 2.45) is 5.92 Å². The molecule has 0 aliphatic carbocycles. The maximum absolute atomic E-state index is 13.1. The van der Waals surface area contributed by atoms with Crippen molar-refractivity contribution in [3.63, 3.8) is 0 Å². The van der Waals surface area contributed by atoms with Gasteiger partial charge in [-0.1, -0.05) is 12.1 Å². The molecule has 2 heterocycles. The summed E-state index contributed by atoms with van der Waals surface area (Å²) in [7, 11) is 4.83. The molecule has 150 valence electrons. The molecule has 0 saturated carbocycles. The molecule has 7 nitrogen and oxygen atoms in total. The number of hydrogen-bond donors (Lipinski definition) is 2. The lowest BCUT2D eigenvalue weighted by Crippen LogP contribution is -2.30. The first-order valence-electron chi connectivity index (χ1n) is 9.38. The minimum absolute atomic E-state index is 0.0823. The Morgan fingerprint density at radius 1 is 1.17 bits per heavy atom. The average Bonchev–Trinajstić information content (AvgIpc) is 3.31. The van der Waals surface area contributed by atoms with Crippen LogP contribution >= 0.6 is 0 Å². The molecule has 1 aromatic heterocycles. The molecule has 3 aromatic rings. The lowest BCUT2D eigenvalue weighted by atomic mass is 9.92. The quantitative estimate of drug-likeness (QED) is 0.696. The van der Waals surface area contributed by atoms with Gasteiger partial charge in [-0.25, -0.2) is 0 Å². The normalized spacial score (nSPS) is 18.9. The highest BCUT2D eigenvalue weighted by Crippen LogP contribution is 2.44. The molecule has 2 amide bonds. The van der Waals surface area contributed by atoms with Crippen LogP contribution in [0, 0.1) is 5.92 Å². The summed E-state index contributed by atoms with van der Waals surface area (Å²) in [6.45, 7) is 0. The number of likely N-dealkylation sites (tertiary alicyclic amines) is 1. The van der Waals surface area contributed by atoms with Gasteiger partial charge in [0.15, 0.2) is 11.5 Å². The van der Waals surface area contributed by atoms with Gasteiger partial charge in [-0.05, 0) is 30.3 Å². The predicted molar refractivity (Wildman–Crippen MR) is 110 cm³/mol. The number of carbonyl (C=O) groups is 2. The van der Waals surface area contributed by atoms with Crippen molar-refractivity contribution in [2.45, 2.75) is 12.5 Å². The van der Waals surface area contributed by atoms with Crippen LogP contribution in [0.1, 0.15) is 18.0 Å². The van der Waals surface area contributed by atoms with E-state index in [2.05, 4.69) is 10.3 Å². The van der Waals surface area contributed by atoms with Gasteiger partial charge in [0.25, 0.3) is 0 Å². The van der Waals surface area contributed by atoms with E-state index in [4.69, 9.17) is 9.47 Å². The molecule has 4 rings (SSSR count). The second-order valence-corrected chi connectivity index (χ2v) is 7.11. The molecule has 0 spiro atoms. The molecule has 1 fully saturated rings. The van der Waals surface area contributed by atoms with Gasteiger partial charge in [0, 0.05) is 41.8 Å². The maximum atomic E-state index is 13.1. The second kappa shape index (κ2) is 7.50. The van der Waals surface area contributed by atoms with Crippen LogP contribution < -0.4 is 14.8 Å². The standard InChI is InChI=1S/C22H23N3O4/c1-25-19(26)12-16(20(25)15-5-4-6-18(28-2)21(15)29-3)22(27)24-14-7-8-17-13(11-14)9-10-23-17/h4-11,16,20,23H,12H2,1-3H3,(H,24,27)/t16-,20+/m1/s1. The number of nitrogens with zero attached hydrogens (tertiary/aromatic N) is 1. The third-order valence-corrected chi connectivity index (χ3v) is 5.50. The zero-order valence-electron chi connectivity index (χ0n) is 16.6. The molecule has 0 radical (unpaired) electrons. The Morgan fingerprint density at radius 3 is 2.76 bits per heavy atom. The number of ether oxygens (including phenoxy) is 2. The monoisotopic (exact) mass is 393 g/mol. The third kappa shape index (κ3) is 3.29. The van der Waals surface area contributed by atoms with Crippen LogP contribution in [0.5, 0.6) is 11.5 Å². The minimum Gasteiger partial charge on any atom is -0.493 e. The Kier molecular flexibility index (Phi) is 4.88. The zero-order chi connectivity index (χ0) is 20.5. The predicted octanol–water partition coefficient (Wildman–Crippen LogP) is 3.34. The van der Waals surface area contributed by atoms with Crippen LogP contribution in [0.25, 0.3) is 10.9 Å². The molecular weight excluding hydrogens is 370 g/mol. The minimum atomic E-state index is -0.546. The lowest BCUT2D eigenvalue weighted by Gasteiger charge is -2.27. The lowest BCUT2D eigenvalue weighted by molar-refractivity contribution is -0.128. The van der Waals surface area contributed by atoms with Crippen LogP contribution in [-0.4, -0.2) is 43.0 Å². The molecule has 7 heteroatoms. The summed E-state index contributed by atoms with van der Waals surface area (Å²) in [5.74, 6) is 0.270. The van der Waals surface area contributed by atoms with Gasteiger partial charge in [-0.3, -0.25) is 9.59 Å². The fourth-order valence-electron chi connectivity index (χ4n) is 4.04. The van der Waals surface area contributed by atoms with Gasteiger partial charge in [-0.2, -0.15) is 0 Å². The van der Waals surface area contributed by atoms with E-state index in [0.717, 1.165) is 16.5 Å². The SMILES string of the molecule is COc1cccc([C@H]2[C@H](C(=O)Nc3ccc4[nH]ccc4c3)CC(=O)N2C)c1OC. The van der Waals surface area contributed by atoms with Crippen LogP contribution in [-0.2, 0) is 9.59 Å². The molecule has 1 saturated heterocycles. The summed E-state index contributed by atoms with van der Waals surface area (Å²) in [5.41, 5.74) is 2.44. The van der Waals surface area contributed by atoms with Crippen molar-refractivity contribution < 1.29 is 19.1 Å². The first-order chi connectivity index (χ1) is 14.0. The number of nitrogens with one attached hydrogen (secondary N) is 2. The smallest absolute Gasteiger partial charge is 0.230 e. The summed E-state index contributed by atoms with van der Waals surface area (Å²) in [5, 5.41) is 3.98. The highest BCUT2D eigenvalue weighted by atomic mass is 16.5. The Labute approximate surface area is 168 Å². The topological polar surface area (TPSA) is 83.7 Å². The van der Waals surface area contributed by atoms with E-state index in [1.165, 1.54) is 0 Å². The Hall–Kier alpha value is -3.48. The first-order valence-corrected chi connectivity index (χ1v) is 9.38. The maximum Gasteiger partial charge on any atom is 0.230 e. The molecule has 1 aliphatic rings. The summed E-state index contributed by atoms with van der Waals surface area (Å²) >= 11 is 0. The number of benzene rings is 2. The van der Waals surface area contributed by atoms with Crippen LogP contribution in [0.2, 0.25) is 0 Å². The van der Waals surface area contributed by atoms with Crippen molar-refractivity contribution in [1.82, 2.24) is 9.88 Å². The van der Waals surface area contributed by atoms with E-state index < -0.39 is 12.0 Å². The number of para-hydroxylation sites is 1. The number of fused-ring (bicyclic) bond motifs is 1. The number of amides is 2. The molecule has 0 bridgehead atoms. The molecular formula is C22H23N3O4. The van der Waals surface area contributed by atoms with E-state index in [0.29, 0.717) is 17.2 Å². The fraction of sp³-hybridized carbons (Fsp3) is 0.273. The Bertz CT molecular complexity index is 1070. The molecule has 2 aromatic carbocycles. The van der Waals surface area contributed by atoms with Gasteiger partial charge in [-0.15, -0.1) is 0 Å². The van der Waals surface area contributed by atoms with E-state index >= 15 is 0 Å². The number of carbonyl (C=O) groups excluding carboxylic acids is 2. The molecule has 1 aliphatic heterocycles. The van der Waals surface area contributed by atoms with Crippen molar-refractivity contribution in [1.29, 1.82) is 0 Å². The number of aromatic amines is 1. The summed E-state index contributed by atoms with van der Waals surface area (Å²) in [6.07, 6.45) is 1.99. The Morgan fingerprint density at radius 2 is 2.00 bits per heavy atom. The highest BCUT2D eigenvalue weighted by Gasteiger charge is 2.44. The van der Waals surface area contributed by atoms with E-state index in [9.17, 15) is 9.59 Å². The summed E-state index contributed by atoms with van der Waals surface area (Å²) in [6, 6.07) is 12.7. The average molecular weight is 393 g/mol. The van der Waals surface area contributed by atoms with E-state index in [1.807, 2.05) is 42.6 Å². The van der Waals surface area contributed by atoms with Gasteiger partial charge in [0.05, 0.1) is 26.2 Å². The van der Waals surface area contributed by atoms with Crippen molar-refractivity contribution in [3.05, 3.63) is 54.2 Å². The largest absolute Gasteiger partial charge is 0.493 e. The summed E-state index contributed by atoms with van der Waals surface area (Å²) in [4.78, 5) is 30.4. The van der Waals surface area contributed by atoms with Crippen molar-refractivity contribution >= 4 is 28.4 Å². The van der Waals surface area contributed by atoms with Gasteiger partial charge in [0.2, 0.25) is 11.8 Å². The summed E-state index contributed by atoms with van der Waals surface area (Å²) < 4.78 is 10.9. The number of rotatable bonds is 5. The first kappa shape index (κ1) is 18.9. The molecule has 2 N–H and O–H groups in total. The van der Waals surface area contributed by atoms with E-state index in [1.54, 1.807) is 32.2 Å². The molecule has 2 atom stereocenters. The van der Waals surface area contributed by atoms with Gasteiger partial charge in [0.1, 0.15) is 0 Å². The van der Waals surface area contributed by atoms with Gasteiger partial charge >= 0.3 is 0 Å². The molecule has 0 unspecified atom stereocenters. The number of anilines is 1. The van der Waals surface area contributed by atoms with Crippen LogP contribution in [0.4, 0.5) is 5.69 Å². The van der Waals surface area contributed by atoms with Gasteiger partial charge < -0.3 is 24.7 Å². The fourth-order valence-corrected chi connectivity index (χ4v) is 4.04. The second-order valence-electron chi connectivity index (χ2n) is 7.11. The van der Waals surface area contributed by atoms with Crippen LogP contribution in [0.3, 0.4) is 0 Å². The Balaban J connectivity index is 1.66. The number of aromatic nitrogens is 1. The number of methoxy groups -OCH3 is 2. The third-order valence-electron chi connectivity index (χ3n) is 5.50. The van der Waals surface area contributed by atoms with Crippen molar-refractivity contribution in [3.8, 4) is 11.5 Å². The van der Waals surface area contributed by atoms with Crippen LogP contribution in [0.15, 0.2) is 48.7 Å². The van der Waals surface area contributed by atoms with Crippen molar-refractivity contribution in [2.75, 3.05) is 26.6 Å². The molecule has 29 heavy (non-hydrogen) atoms. The number of hydrogen-bond acceptors (Lipinski definition) is 4. The zero-order valence-corrected chi connectivity index (χ0v) is 16.6. The highest BCUT2D eigenvalue weighted by molar-refractivity contribution is 5.99. The number of H-pyrrole nitrogens is 1.